The molecule has 0 spiro atoms. The Morgan fingerprint density at radius 2 is 1.76 bits per heavy atom. The average molecular weight is 234 g/mol. The highest BCUT2D eigenvalue weighted by Gasteiger charge is 1.98. The van der Waals surface area contributed by atoms with Crippen LogP contribution in [0.5, 0.6) is 0 Å². The summed E-state index contributed by atoms with van der Waals surface area (Å²) in [6.07, 6.45) is 3.65. The summed E-state index contributed by atoms with van der Waals surface area (Å²) in [4.78, 5) is 0. The van der Waals surface area contributed by atoms with E-state index in [-0.39, 0.29) is 0 Å². The van der Waals surface area contributed by atoms with Crippen molar-refractivity contribution >= 4 is 0 Å². The molecule has 0 aliphatic rings. The second kappa shape index (κ2) is 8.26. The van der Waals surface area contributed by atoms with Crippen LogP contribution in [0, 0.1) is 13.8 Å². The second-order valence-corrected chi connectivity index (χ2v) is 4.74. The molecule has 0 saturated carbocycles. The first-order chi connectivity index (χ1) is 8.24. The van der Waals surface area contributed by atoms with Crippen LogP contribution in [0.3, 0.4) is 0 Å². The third-order valence-corrected chi connectivity index (χ3v) is 3.10. The van der Waals surface area contributed by atoms with Crippen LogP contribution in [-0.2, 0) is 6.42 Å². The molecule has 0 saturated heterocycles. The maximum atomic E-state index is 3.51. The summed E-state index contributed by atoms with van der Waals surface area (Å²) in [7, 11) is 2.01. The highest BCUT2D eigenvalue weighted by molar-refractivity contribution is 5.30. The first kappa shape index (κ1) is 14.2. The van der Waals surface area contributed by atoms with Crippen molar-refractivity contribution in [2.45, 2.75) is 33.1 Å². The van der Waals surface area contributed by atoms with Gasteiger partial charge < -0.3 is 10.6 Å². The van der Waals surface area contributed by atoms with E-state index in [0.717, 1.165) is 26.1 Å². The molecule has 2 heteroatoms. The van der Waals surface area contributed by atoms with Gasteiger partial charge in [0, 0.05) is 0 Å². The van der Waals surface area contributed by atoms with E-state index in [1.807, 2.05) is 7.05 Å². The van der Waals surface area contributed by atoms with Crippen molar-refractivity contribution in [3.63, 3.8) is 0 Å². The normalized spacial score (nSPS) is 10.8. The predicted molar refractivity (Wildman–Crippen MR) is 75.7 cm³/mol. The van der Waals surface area contributed by atoms with Crippen LogP contribution in [-0.4, -0.2) is 26.7 Å². The molecule has 0 heterocycles. The molecule has 96 valence electrons. The molecule has 0 aliphatic heterocycles. The van der Waals surface area contributed by atoms with Gasteiger partial charge in [0.05, 0.1) is 0 Å². The average Bonchev–Trinajstić information content (AvgIpc) is 2.30. The highest BCUT2D eigenvalue weighted by atomic mass is 14.8. The van der Waals surface area contributed by atoms with Crippen molar-refractivity contribution in [1.82, 2.24) is 10.6 Å². The van der Waals surface area contributed by atoms with Gasteiger partial charge in [0.15, 0.2) is 0 Å². The van der Waals surface area contributed by atoms with E-state index >= 15 is 0 Å². The van der Waals surface area contributed by atoms with E-state index in [4.69, 9.17) is 0 Å². The van der Waals surface area contributed by atoms with E-state index in [0.29, 0.717) is 0 Å². The third kappa shape index (κ3) is 5.85. The number of rotatable bonds is 8. The van der Waals surface area contributed by atoms with Gasteiger partial charge >= 0.3 is 0 Å². The number of hydrogen-bond donors (Lipinski definition) is 2. The Balaban J connectivity index is 2.14. The van der Waals surface area contributed by atoms with Gasteiger partial charge in [0.1, 0.15) is 0 Å². The van der Waals surface area contributed by atoms with E-state index < -0.39 is 0 Å². The number of aryl methyl sites for hydroxylation is 2. The van der Waals surface area contributed by atoms with Gasteiger partial charge in [0.25, 0.3) is 0 Å². The third-order valence-electron chi connectivity index (χ3n) is 3.10. The first-order valence-corrected chi connectivity index (χ1v) is 6.65. The Hall–Kier alpha value is -0.860. The van der Waals surface area contributed by atoms with E-state index in [1.165, 1.54) is 29.5 Å². The monoisotopic (exact) mass is 234 g/mol. The van der Waals surface area contributed by atoms with Crippen molar-refractivity contribution in [3.8, 4) is 0 Å². The first-order valence-electron chi connectivity index (χ1n) is 6.65. The molecule has 0 bridgehead atoms. The van der Waals surface area contributed by atoms with Crippen molar-refractivity contribution in [3.05, 3.63) is 34.9 Å². The van der Waals surface area contributed by atoms with E-state index in [2.05, 4.69) is 42.7 Å². The highest BCUT2D eigenvalue weighted by Crippen LogP contribution is 2.10. The smallest absolute Gasteiger partial charge is 0.000825 e. The van der Waals surface area contributed by atoms with Crippen molar-refractivity contribution in [2.24, 2.45) is 0 Å². The molecule has 0 radical (unpaired) electrons. The Labute approximate surface area is 106 Å². The standard InChI is InChI=1S/C15H26N2/c1-13-6-7-15(14(2)12-13)8-11-17-10-5-4-9-16-3/h6-7,12,16-17H,4-5,8-11H2,1-3H3. The summed E-state index contributed by atoms with van der Waals surface area (Å²) in [5.41, 5.74) is 4.24. The molecule has 1 rings (SSSR count). The van der Waals surface area contributed by atoms with Crippen molar-refractivity contribution in [2.75, 3.05) is 26.7 Å². The Bertz CT molecular complexity index is 321. The molecule has 0 atom stereocenters. The van der Waals surface area contributed by atoms with E-state index in [9.17, 15) is 0 Å². The quantitative estimate of drug-likeness (QED) is 0.675. The predicted octanol–water partition coefficient (Wildman–Crippen LogP) is 2.44. The van der Waals surface area contributed by atoms with Gasteiger partial charge in [-0.25, -0.2) is 0 Å². The molecule has 0 aromatic heterocycles. The van der Waals surface area contributed by atoms with Crippen LogP contribution in [0.25, 0.3) is 0 Å². The second-order valence-electron chi connectivity index (χ2n) is 4.74. The number of nitrogens with one attached hydrogen (secondary N) is 2. The maximum absolute atomic E-state index is 3.51. The fourth-order valence-electron chi connectivity index (χ4n) is 2.03. The molecule has 1 aromatic carbocycles. The van der Waals surface area contributed by atoms with Crippen LogP contribution >= 0.6 is 0 Å². The zero-order valence-corrected chi connectivity index (χ0v) is 11.5. The fourth-order valence-corrected chi connectivity index (χ4v) is 2.03. The van der Waals surface area contributed by atoms with Crippen molar-refractivity contribution in [1.29, 1.82) is 0 Å². The largest absolute Gasteiger partial charge is 0.320 e. The Kier molecular flexibility index (Phi) is 6.90. The lowest BCUT2D eigenvalue weighted by Crippen LogP contribution is -2.20. The minimum absolute atomic E-state index is 1.09. The minimum Gasteiger partial charge on any atom is -0.320 e. The lowest BCUT2D eigenvalue weighted by Gasteiger charge is -2.08. The topological polar surface area (TPSA) is 24.1 Å². The molecule has 0 unspecified atom stereocenters. The lowest BCUT2D eigenvalue weighted by molar-refractivity contribution is 0.605. The Morgan fingerprint density at radius 3 is 2.47 bits per heavy atom. The van der Waals surface area contributed by atoms with Crippen LogP contribution in [0.15, 0.2) is 18.2 Å². The maximum Gasteiger partial charge on any atom is -0.000825 e. The zero-order chi connectivity index (χ0) is 12.5. The van der Waals surface area contributed by atoms with Crippen LogP contribution in [0.2, 0.25) is 0 Å². The molecule has 1 aromatic rings. The molecular weight excluding hydrogens is 208 g/mol. The number of hydrogen-bond acceptors (Lipinski definition) is 2. The number of unbranched alkanes of at least 4 members (excludes halogenated alkanes) is 1. The number of benzene rings is 1. The summed E-state index contributed by atoms with van der Waals surface area (Å²) in [5.74, 6) is 0. The van der Waals surface area contributed by atoms with Crippen LogP contribution < -0.4 is 10.6 Å². The molecule has 2 N–H and O–H groups in total. The van der Waals surface area contributed by atoms with Gasteiger partial charge in [-0.2, -0.15) is 0 Å². The molecule has 0 amide bonds. The van der Waals surface area contributed by atoms with Crippen LogP contribution in [0.4, 0.5) is 0 Å². The molecule has 2 nitrogen and oxygen atoms in total. The SMILES string of the molecule is CNCCCCNCCc1ccc(C)cc1C. The van der Waals surface area contributed by atoms with Crippen molar-refractivity contribution < 1.29 is 0 Å². The fraction of sp³-hybridized carbons (Fsp3) is 0.600. The Morgan fingerprint density at radius 1 is 1.00 bits per heavy atom. The summed E-state index contributed by atoms with van der Waals surface area (Å²) in [5, 5.41) is 6.68. The molecular formula is C15H26N2. The summed E-state index contributed by atoms with van der Waals surface area (Å²) < 4.78 is 0. The van der Waals surface area contributed by atoms with Gasteiger partial charge in [0.2, 0.25) is 0 Å². The summed E-state index contributed by atoms with van der Waals surface area (Å²) >= 11 is 0. The van der Waals surface area contributed by atoms with Gasteiger partial charge in [-0.3, -0.25) is 0 Å². The van der Waals surface area contributed by atoms with Crippen LogP contribution in [0.1, 0.15) is 29.5 Å². The molecule has 0 aliphatic carbocycles. The van der Waals surface area contributed by atoms with Gasteiger partial charge in [-0.1, -0.05) is 23.8 Å². The molecule has 17 heavy (non-hydrogen) atoms. The summed E-state index contributed by atoms with van der Waals surface area (Å²) in [6, 6.07) is 6.73. The summed E-state index contributed by atoms with van der Waals surface area (Å²) in [6.45, 7) is 7.70. The minimum atomic E-state index is 1.09. The zero-order valence-electron chi connectivity index (χ0n) is 11.5. The molecule has 0 fully saturated rings. The lowest BCUT2D eigenvalue weighted by atomic mass is 10.0. The van der Waals surface area contributed by atoms with E-state index in [1.54, 1.807) is 0 Å². The van der Waals surface area contributed by atoms with Gasteiger partial charge in [-0.05, 0) is 70.9 Å². The van der Waals surface area contributed by atoms with Gasteiger partial charge in [-0.15, -0.1) is 0 Å².